The molecule has 4 atom stereocenters. The number of amides is 2. The molecule has 1 saturated heterocycles. The number of hydrogen-bond acceptors (Lipinski definition) is 5. The number of hydrogen-bond donors (Lipinski definition) is 3. The Bertz CT molecular complexity index is 1200. The van der Waals surface area contributed by atoms with Gasteiger partial charge in [0.05, 0.1) is 18.2 Å². The highest BCUT2D eigenvalue weighted by Crippen LogP contribution is 2.37. The van der Waals surface area contributed by atoms with Gasteiger partial charge in [-0.1, -0.05) is 0 Å². The molecule has 1 aromatic carbocycles. The summed E-state index contributed by atoms with van der Waals surface area (Å²) in [5, 5.41) is 18.5. The van der Waals surface area contributed by atoms with Crippen LogP contribution in [0.2, 0.25) is 0 Å². The zero-order valence-corrected chi connectivity index (χ0v) is 16.5. The number of halogens is 4. The van der Waals surface area contributed by atoms with Crippen LogP contribution < -0.4 is 15.5 Å². The summed E-state index contributed by atoms with van der Waals surface area (Å²) < 4.78 is 56.6. The molecule has 0 radical (unpaired) electrons. The molecule has 2 aromatic heterocycles. The van der Waals surface area contributed by atoms with Gasteiger partial charge in [0.25, 0.3) is 5.95 Å². The third-order valence-corrected chi connectivity index (χ3v) is 5.59. The maximum absolute atomic E-state index is 14.4. The van der Waals surface area contributed by atoms with Gasteiger partial charge in [0.1, 0.15) is 29.3 Å². The molecule has 2 aliphatic rings. The molecule has 1 aliphatic carbocycles. The number of aliphatic hydroxyl groups is 1. The van der Waals surface area contributed by atoms with Gasteiger partial charge in [-0.2, -0.15) is 4.39 Å². The first kappa shape index (κ1) is 20.5. The molecule has 1 aliphatic heterocycles. The average molecular weight is 450 g/mol. The largest absolute Gasteiger partial charge is 0.391 e. The number of alkyl halides is 1. The molecule has 1 saturated carbocycles. The average Bonchev–Trinajstić information content (AvgIpc) is 3.15. The van der Waals surface area contributed by atoms with Gasteiger partial charge in [-0.05, 0) is 30.7 Å². The molecule has 32 heavy (non-hydrogen) atoms. The predicted molar refractivity (Wildman–Crippen MR) is 105 cm³/mol. The zero-order chi connectivity index (χ0) is 22.6. The van der Waals surface area contributed by atoms with Crippen LogP contribution in [-0.2, 0) is 0 Å². The molecule has 3 N–H and O–H groups in total. The maximum Gasteiger partial charge on any atom is 0.319 e. The second-order valence-electron chi connectivity index (χ2n) is 7.90. The van der Waals surface area contributed by atoms with Gasteiger partial charge in [-0.15, -0.1) is 5.10 Å². The summed E-state index contributed by atoms with van der Waals surface area (Å²) >= 11 is 0. The molecular weight excluding hydrogens is 432 g/mol. The van der Waals surface area contributed by atoms with Gasteiger partial charge in [0.2, 0.25) is 0 Å². The number of carbonyl (C=O) groups excluding carboxylic acids is 1. The van der Waals surface area contributed by atoms with Crippen molar-refractivity contribution < 1.29 is 27.5 Å². The number of urea groups is 1. The summed E-state index contributed by atoms with van der Waals surface area (Å²) in [4.78, 5) is 18.0. The van der Waals surface area contributed by atoms with Crippen molar-refractivity contribution in [2.45, 2.75) is 37.2 Å². The highest BCUT2D eigenvalue weighted by Gasteiger charge is 2.39. The first-order chi connectivity index (χ1) is 15.3. The quantitative estimate of drug-likeness (QED) is 0.532. The lowest BCUT2D eigenvalue weighted by Crippen LogP contribution is -2.32. The SMILES string of the molecule is O=C(Nc1c(F)nn2ccc(N3C[C@H](O)C[C@@H]3c3cc(F)ccc3F)nc12)N[C@H]1C[C@H]1F. The van der Waals surface area contributed by atoms with Crippen LogP contribution in [0.5, 0.6) is 0 Å². The Hall–Kier alpha value is -3.41. The number of aliphatic hydroxyl groups excluding tert-OH is 1. The van der Waals surface area contributed by atoms with Crippen molar-refractivity contribution >= 4 is 23.2 Å². The van der Waals surface area contributed by atoms with Crippen molar-refractivity contribution in [3.63, 3.8) is 0 Å². The van der Waals surface area contributed by atoms with Crippen LogP contribution in [0.1, 0.15) is 24.4 Å². The second kappa shape index (κ2) is 7.62. The molecule has 3 aromatic rings. The first-order valence-electron chi connectivity index (χ1n) is 9.96. The molecule has 3 heterocycles. The van der Waals surface area contributed by atoms with E-state index in [4.69, 9.17) is 0 Å². The monoisotopic (exact) mass is 450 g/mol. The fourth-order valence-corrected chi connectivity index (χ4v) is 3.92. The molecule has 12 heteroatoms. The summed E-state index contributed by atoms with van der Waals surface area (Å²) in [6, 6.07) is 2.45. The molecule has 5 rings (SSSR count). The van der Waals surface area contributed by atoms with Crippen molar-refractivity contribution in [1.29, 1.82) is 0 Å². The van der Waals surface area contributed by atoms with E-state index in [-0.39, 0.29) is 42.1 Å². The Morgan fingerprint density at radius 3 is 2.72 bits per heavy atom. The molecule has 0 spiro atoms. The standard InChI is InChI=1S/C20H18F4N6O2/c21-9-1-2-12(22)11(5-9)15-6-10(31)8-29(15)16-3-4-30-19(26-16)17(18(24)28-30)27-20(32)25-14-7-13(14)23/h1-5,10,13-15,31H,6-8H2,(H2,25,27,32)/t10-,13-,14+,15-/m1/s1. The minimum atomic E-state index is -1.12. The van der Waals surface area contributed by atoms with Crippen molar-refractivity contribution in [2.24, 2.45) is 0 Å². The van der Waals surface area contributed by atoms with Crippen molar-refractivity contribution in [1.82, 2.24) is 19.9 Å². The fraction of sp³-hybridized carbons (Fsp3) is 0.350. The summed E-state index contributed by atoms with van der Waals surface area (Å²) in [5.41, 5.74) is -0.290. The second-order valence-corrected chi connectivity index (χ2v) is 7.90. The third kappa shape index (κ3) is 3.70. The van der Waals surface area contributed by atoms with Crippen LogP contribution in [-0.4, -0.2) is 50.6 Å². The van der Waals surface area contributed by atoms with Gasteiger partial charge in [0, 0.05) is 24.7 Å². The normalized spacial score (nSPS) is 24.7. The van der Waals surface area contributed by atoms with Crippen molar-refractivity contribution in [2.75, 3.05) is 16.8 Å². The Labute approximate surface area is 178 Å². The number of nitrogens with one attached hydrogen (secondary N) is 2. The number of rotatable bonds is 4. The van der Waals surface area contributed by atoms with Crippen molar-refractivity contribution in [3.05, 3.63) is 53.6 Å². The number of β-amino-alcohol motifs (C(OH)–C–C–N with tert-alkyl or cyclic N) is 1. The summed E-state index contributed by atoms with van der Waals surface area (Å²) in [6.07, 6.45) is -0.215. The van der Waals surface area contributed by atoms with Crippen molar-refractivity contribution in [3.8, 4) is 0 Å². The third-order valence-electron chi connectivity index (χ3n) is 5.59. The Balaban J connectivity index is 1.48. The first-order valence-corrected chi connectivity index (χ1v) is 9.96. The Morgan fingerprint density at radius 1 is 1.19 bits per heavy atom. The Kier molecular flexibility index (Phi) is 4.88. The van der Waals surface area contributed by atoms with Gasteiger partial charge < -0.3 is 20.6 Å². The van der Waals surface area contributed by atoms with Gasteiger partial charge >= 0.3 is 6.03 Å². The smallest absolute Gasteiger partial charge is 0.319 e. The summed E-state index contributed by atoms with van der Waals surface area (Å²) in [7, 11) is 0. The molecule has 0 bridgehead atoms. The number of fused-ring (bicyclic) bond motifs is 1. The van der Waals surface area contributed by atoms with Crippen LogP contribution in [0, 0.1) is 17.6 Å². The fourth-order valence-electron chi connectivity index (χ4n) is 3.92. The maximum atomic E-state index is 14.4. The number of benzene rings is 1. The molecular formula is C20H18F4N6O2. The van der Waals surface area contributed by atoms with E-state index in [0.29, 0.717) is 0 Å². The molecule has 2 fully saturated rings. The van der Waals surface area contributed by atoms with Gasteiger partial charge in [-0.25, -0.2) is 27.5 Å². The highest BCUT2D eigenvalue weighted by molar-refractivity contribution is 5.93. The van der Waals surface area contributed by atoms with Crippen LogP contribution in [0.15, 0.2) is 30.5 Å². The number of anilines is 2. The van der Waals surface area contributed by atoms with E-state index in [1.165, 1.54) is 12.3 Å². The minimum absolute atomic E-state index is 0.0393. The Morgan fingerprint density at radius 2 is 1.97 bits per heavy atom. The van der Waals surface area contributed by atoms with Gasteiger partial charge in [-0.3, -0.25) is 0 Å². The van der Waals surface area contributed by atoms with E-state index in [2.05, 4.69) is 20.7 Å². The zero-order valence-electron chi connectivity index (χ0n) is 16.5. The topological polar surface area (TPSA) is 94.8 Å². The minimum Gasteiger partial charge on any atom is -0.391 e. The van der Waals surface area contributed by atoms with Crippen LogP contribution >= 0.6 is 0 Å². The van der Waals surface area contributed by atoms with Crippen LogP contribution in [0.4, 0.5) is 33.9 Å². The van der Waals surface area contributed by atoms with Crippen LogP contribution in [0.3, 0.4) is 0 Å². The van der Waals surface area contributed by atoms with E-state index in [9.17, 15) is 27.5 Å². The number of nitrogens with zero attached hydrogens (tertiary/aromatic N) is 4. The highest BCUT2D eigenvalue weighted by atomic mass is 19.1. The van der Waals surface area contributed by atoms with E-state index in [1.54, 1.807) is 4.90 Å². The molecule has 0 unspecified atom stereocenters. The summed E-state index contributed by atoms with van der Waals surface area (Å²) in [5.74, 6) is -1.99. The lowest BCUT2D eigenvalue weighted by Gasteiger charge is -2.26. The molecule has 8 nitrogen and oxygen atoms in total. The predicted octanol–water partition coefficient (Wildman–Crippen LogP) is 2.69. The van der Waals surface area contributed by atoms with E-state index < -0.39 is 48.0 Å². The number of aromatic nitrogens is 3. The lowest BCUT2D eigenvalue weighted by molar-refractivity contribution is 0.194. The lowest BCUT2D eigenvalue weighted by atomic mass is 10.0. The summed E-state index contributed by atoms with van der Waals surface area (Å²) in [6.45, 7) is 0.0865. The van der Waals surface area contributed by atoms with Crippen LogP contribution in [0.25, 0.3) is 5.65 Å². The van der Waals surface area contributed by atoms with E-state index in [1.807, 2.05) is 0 Å². The van der Waals surface area contributed by atoms with E-state index in [0.717, 1.165) is 22.7 Å². The number of carbonyl (C=O) groups is 1. The molecule has 2 amide bonds. The molecule has 168 valence electrons. The van der Waals surface area contributed by atoms with E-state index >= 15 is 0 Å². The van der Waals surface area contributed by atoms with Gasteiger partial charge in [0.15, 0.2) is 5.65 Å².